The molecule has 1 aliphatic rings. The van der Waals surface area contributed by atoms with Crippen LogP contribution < -0.4 is 10.2 Å². The van der Waals surface area contributed by atoms with Crippen molar-refractivity contribution >= 4 is 28.8 Å². The number of benzene rings is 1. The maximum absolute atomic E-state index is 12.5. The van der Waals surface area contributed by atoms with Crippen LogP contribution >= 0.6 is 0 Å². The number of hydrogen-bond donors (Lipinski definition) is 0. The number of methoxy groups -OCH3 is 2. The lowest BCUT2D eigenvalue weighted by molar-refractivity contribution is -0.141. The third-order valence-electron chi connectivity index (χ3n) is 4.16. The zero-order valence-corrected chi connectivity index (χ0v) is 14.3. The third-order valence-corrected chi connectivity index (χ3v) is 4.16. The Morgan fingerprint density at radius 3 is 2.50 bits per heavy atom. The summed E-state index contributed by atoms with van der Waals surface area (Å²) in [4.78, 5) is 48.9. The number of esters is 3. The van der Waals surface area contributed by atoms with Gasteiger partial charge in [-0.25, -0.2) is 14.4 Å². The number of ether oxygens (including phenoxy) is 3. The van der Waals surface area contributed by atoms with Gasteiger partial charge in [0.05, 0.1) is 30.9 Å². The first-order chi connectivity index (χ1) is 12.4. The third kappa shape index (κ3) is 2.55. The fourth-order valence-corrected chi connectivity index (χ4v) is 2.92. The van der Waals surface area contributed by atoms with Crippen LogP contribution in [0.5, 0.6) is 5.88 Å². The Labute approximate surface area is 147 Å². The molecule has 0 unspecified atom stereocenters. The standard InChI is InChI=1S/C18H15NO7/c1-9-15(21)10-6-4-5-7-12(10)19-14(18(23)26-16(9)19)11(17(22)25-3)8-13(20)24-2/h4-8,14H,1-3H3/b11-8-/t14-/m1/s1. The molecule has 3 rings (SSSR count). The van der Waals surface area contributed by atoms with Crippen molar-refractivity contribution in [2.45, 2.75) is 13.0 Å². The van der Waals surface area contributed by atoms with Crippen LogP contribution in [0.15, 0.2) is 40.7 Å². The average molecular weight is 357 g/mol. The Kier molecular flexibility index (Phi) is 4.33. The van der Waals surface area contributed by atoms with Crippen LogP contribution in [0, 0.1) is 6.92 Å². The molecule has 2 aromatic rings. The van der Waals surface area contributed by atoms with E-state index in [4.69, 9.17) is 9.47 Å². The molecule has 134 valence electrons. The summed E-state index contributed by atoms with van der Waals surface area (Å²) in [6.07, 6.45) is 0.884. The molecule has 26 heavy (non-hydrogen) atoms. The van der Waals surface area contributed by atoms with E-state index < -0.39 is 23.9 Å². The quantitative estimate of drug-likeness (QED) is 0.597. The highest BCUT2D eigenvalue weighted by Crippen LogP contribution is 2.37. The zero-order valence-electron chi connectivity index (χ0n) is 14.3. The van der Waals surface area contributed by atoms with E-state index in [2.05, 4.69) is 4.74 Å². The highest BCUT2D eigenvalue weighted by molar-refractivity contribution is 6.04. The van der Waals surface area contributed by atoms with E-state index in [1.165, 1.54) is 11.5 Å². The Balaban J connectivity index is 2.35. The minimum Gasteiger partial charge on any atom is -0.466 e. The monoisotopic (exact) mass is 357 g/mol. The molecule has 0 saturated heterocycles. The molecule has 0 N–H and O–H groups in total. The summed E-state index contributed by atoms with van der Waals surface area (Å²) in [6, 6.07) is 5.34. The van der Waals surface area contributed by atoms with E-state index in [9.17, 15) is 19.2 Å². The molecule has 8 nitrogen and oxygen atoms in total. The van der Waals surface area contributed by atoms with E-state index in [1.807, 2.05) is 0 Å². The maximum atomic E-state index is 12.5. The smallest absolute Gasteiger partial charge is 0.340 e. The van der Waals surface area contributed by atoms with Crippen LogP contribution in [-0.4, -0.2) is 36.7 Å². The summed E-state index contributed by atoms with van der Waals surface area (Å²) in [7, 11) is 2.27. The molecular formula is C18H15NO7. The van der Waals surface area contributed by atoms with Gasteiger partial charge in [-0.1, -0.05) is 12.1 Å². The predicted molar refractivity (Wildman–Crippen MR) is 89.7 cm³/mol. The Morgan fingerprint density at radius 1 is 1.15 bits per heavy atom. The zero-order chi connectivity index (χ0) is 19.0. The van der Waals surface area contributed by atoms with Gasteiger partial charge < -0.3 is 14.2 Å². The van der Waals surface area contributed by atoms with Gasteiger partial charge >= 0.3 is 17.9 Å². The highest BCUT2D eigenvalue weighted by Gasteiger charge is 2.41. The molecule has 1 aromatic carbocycles. The maximum Gasteiger partial charge on any atom is 0.340 e. The number of aromatic nitrogens is 1. The summed E-state index contributed by atoms with van der Waals surface area (Å²) in [5, 5.41) is 0.360. The van der Waals surface area contributed by atoms with Crippen LogP contribution in [0.25, 0.3) is 10.9 Å². The second-order valence-electron chi connectivity index (χ2n) is 5.58. The van der Waals surface area contributed by atoms with E-state index in [1.54, 1.807) is 24.3 Å². The molecule has 0 spiro atoms. The number of nitrogens with zero attached hydrogens (tertiary/aromatic N) is 1. The van der Waals surface area contributed by atoms with Crippen molar-refractivity contribution in [1.29, 1.82) is 0 Å². The summed E-state index contributed by atoms with van der Waals surface area (Å²) in [5.41, 5.74) is 0.0867. The van der Waals surface area contributed by atoms with Crippen LogP contribution in [0.2, 0.25) is 0 Å². The van der Waals surface area contributed by atoms with Gasteiger partial charge in [-0.15, -0.1) is 0 Å². The van der Waals surface area contributed by atoms with E-state index in [-0.39, 0.29) is 22.4 Å². The van der Waals surface area contributed by atoms with E-state index >= 15 is 0 Å². The van der Waals surface area contributed by atoms with Gasteiger partial charge in [0, 0.05) is 11.5 Å². The normalized spacial score (nSPS) is 16.2. The van der Waals surface area contributed by atoms with Crippen LogP contribution in [0.4, 0.5) is 0 Å². The van der Waals surface area contributed by atoms with Gasteiger partial charge in [0.25, 0.3) is 0 Å². The molecule has 0 radical (unpaired) electrons. The van der Waals surface area contributed by atoms with Crippen molar-refractivity contribution in [3.8, 4) is 5.88 Å². The van der Waals surface area contributed by atoms with Crippen molar-refractivity contribution in [3.63, 3.8) is 0 Å². The van der Waals surface area contributed by atoms with Crippen molar-refractivity contribution in [2.24, 2.45) is 0 Å². The average Bonchev–Trinajstić information content (AvgIpc) is 3.00. The van der Waals surface area contributed by atoms with Gasteiger partial charge in [0.2, 0.25) is 5.88 Å². The number of carbonyl (C=O) groups is 3. The Morgan fingerprint density at radius 2 is 1.85 bits per heavy atom. The molecule has 0 amide bonds. The SMILES string of the molecule is COC(=O)/C=C(\C(=O)OC)[C@@H]1C(=O)Oc2c(C)c(=O)c3ccccc3n21. The van der Waals surface area contributed by atoms with Crippen molar-refractivity contribution in [1.82, 2.24) is 4.57 Å². The van der Waals surface area contributed by atoms with Gasteiger partial charge in [0.15, 0.2) is 11.5 Å². The lowest BCUT2D eigenvalue weighted by atomic mass is 10.0. The van der Waals surface area contributed by atoms with Crippen molar-refractivity contribution in [3.05, 3.63) is 51.7 Å². The first kappa shape index (κ1) is 17.4. The number of rotatable bonds is 3. The summed E-state index contributed by atoms with van der Waals surface area (Å²) >= 11 is 0. The van der Waals surface area contributed by atoms with Gasteiger partial charge in [-0.3, -0.25) is 9.36 Å². The number of hydrogen-bond acceptors (Lipinski definition) is 7. The van der Waals surface area contributed by atoms with Crippen LogP contribution in [0.3, 0.4) is 0 Å². The van der Waals surface area contributed by atoms with E-state index in [0.717, 1.165) is 20.3 Å². The van der Waals surface area contributed by atoms with Crippen LogP contribution in [0.1, 0.15) is 11.6 Å². The fourth-order valence-electron chi connectivity index (χ4n) is 2.92. The van der Waals surface area contributed by atoms with E-state index in [0.29, 0.717) is 10.9 Å². The van der Waals surface area contributed by atoms with Crippen LogP contribution in [-0.2, 0) is 23.9 Å². The fraction of sp³-hybridized carbons (Fsp3) is 0.222. The molecular weight excluding hydrogens is 342 g/mol. The number of pyridine rings is 1. The first-order valence-corrected chi connectivity index (χ1v) is 7.64. The summed E-state index contributed by atoms with van der Waals surface area (Å²) in [5.74, 6) is -2.48. The molecule has 2 heterocycles. The van der Waals surface area contributed by atoms with Gasteiger partial charge in [-0.05, 0) is 19.1 Å². The topological polar surface area (TPSA) is 101 Å². The molecule has 1 aliphatic heterocycles. The van der Waals surface area contributed by atoms with Gasteiger partial charge in [0.1, 0.15) is 0 Å². The summed E-state index contributed by atoms with van der Waals surface area (Å²) in [6.45, 7) is 1.53. The Hall–Kier alpha value is -3.42. The summed E-state index contributed by atoms with van der Waals surface area (Å²) < 4.78 is 15.9. The highest BCUT2D eigenvalue weighted by atomic mass is 16.6. The molecule has 1 atom stereocenters. The molecule has 0 bridgehead atoms. The predicted octanol–water partition coefficient (Wildman–Crippen LogP) is 1.04. The van der Waals surface area contributed by atoms with Crippen molar-refractivity contribution < 1.29 is 28.6 Å². The Bertz CT molecular complexity index is 1030. The number of para-hydroxylation sites is 1. The molecule has 0 saturated carbocycles. The molecule has 1 aromatic heterocycles. The first-order valence-electron chi connectivity index (χ1n) is 7.64. The molecule has 0 aliphatic carbocycles. The minimum atomic E-state index is -1.28. The van der Waals surface area contributed by atoms with Gasteiger partial charge in [-0.2, -0.15) is 0 Å². The lowest BCUT2D eigenvalue weighted by Crippen LogP contribution is -2.24. The van der Waals surface area contributed by atoms with Crippen molar-refractivity contribution in [2.75, 3.05) is 14.2 Å². The minimum absolute atomic E-state index is 0.0309. The number of carbonyl (C=O) groups excluding carboxylic acids is 3. The lowest BCUT2D eigenvalue weighted by Gasteiger charge is -2.16. The second kappa shape index (κ2) is 6.47. The molecule has 8 heteroatoms. The number of fused-ring (bicyclic) bond motifs is 3. The second-order valence-corrected chi connectivity index (χ2v) is 5.58. The largest absolute Gasteiger partial charge is 0.466 e. The molecule has 0 fully saturated rings.